The molecule has 0 atom stereocenters. The standard InChI is InChI=1S/C12H17N3O4/c1-15(2)6-5-13-12(19)14-10-4-3-8(16)7-9(10)11(17)18/h3-4,7,16H,5-6H2,1-2H3,(H,17,18)(H2,13,14,19). The zero-order valence-electron chi connectivity index (χ0n) is 10.8. The van der Waals surface area contributed by atoms with Gasteiger partial charge in [0.2, 0.25) is 0 Å². The second-order valence-corrected chi connectivity index (χ2v) is 4.22. The molecule has 0 fully saturated rings. The minimum atomic E-state index is -1.22. The molecule has 0 aliphatic rings. The van der Waals surface area contributed by atoms with Gasteiger partial charge in [0, 0.05) is 13.1 Å². The number of anilines is 1. The molecule has 0 heterocycles. The third-order valence-electron chi connectivity index (χ3n) is 2.33. The highest BCUT2D eigenvalue weighted by molar-refractivity contribution is 6.00. The normalized spacial score (nSPS) is 10.3. The third kappa shape index (κ3) is 4.84. The van der Waals surface area contributed by atoms with Gasteiger partial charge in [0.25, 0.3) is 0 Å². The predicted molar refractivity (Wildman–Crippen MR) is 70.6 cm³/mol. The van der Waals surface area contributed by atoms with E-state index in [0.717, 1.165) is 6.07 Å². The topological polar surface area (TPSA) is 102 Å². The highest BCUT2D eigenvalue weighted by Gasteiger charge is 2.13. The maximum Gasteiger partial charge on any atom is 0.337 e. The maximum atomic E-state index is 11.6. The molecule has 0 unspecified atom stereocenters. The van der Waals surface area contributed by atoms with Crippen LogP contribution in [0.1, 0.15) is 10.4 Å². The van der Waals surface area contributed by atoms with Crippen molar-refractivity contribution in [1.29, 1.82) is 0 Å². The van der Waals surface area contributed by atoms with Gasteiger partial charge in [-0.15, -0.1) is 0 Å². The van der Waals surface area contributed by atoms with Crippen molar-refractivity contribution in [3.05, 3.63) is 23.8 Å². The molecule has 19 heavy (non-hydrogen) atoms. The van der Waals surface area contributed by atoms with Gasteiger partial charge in [-0.05, 0) is 32.3 Å². The van der Waals surface area contributed by atoms with Gasteiger partial charge in [0.15, 0.2) is 0 Å². The van der Waals surface area contributed by atoms with Crippen molar-refractivity contribution in [2.24, 2.45) is 0 Å². The van der Waals surface area contributed by atoms with E-state index in [4.69, 9.17) is 5.11 Å². The number of carboxylic acid groups (broad SMARTS) is 1. The van der Waals surface area contributed by atoms with E-state index in [0.29, 0.717) is 13.1 Å². The average Bonchev–Trinajstić information content (AvgIpc) is 2.30. The zero-order chi connectivity index (χ0) is 14.4. The summed E-state index contributed by atoms with van der Waals surface area (Å²) in [4.78, 5) is 24.4. The molecule has 0 saturated heterocycles. The second kappa shape index (κ2) is 6.60. The Kier molecular flexibility index (Phi) is 5.13. The lowest BCUT2D eigenvalue weighted by Crippen LogP contribution is -2.34. The fourth-order valence-electron chi connectivity index (χ4n) is 1.38. The number of aromatic carboxylic acids is 1. The van der Waals surface area contributed by atoms with Crippen LogP contribution in [0.3, 0.4) is 0 Å². The molecule has 1 rings (SSSR count). The van der Waals surface area contributed by atoms with E-state index in [1.165, 1.54) is 12.1 Å². The number of amides is 2. The van der Waals surface area contributed by atoms with E-state index in [1.54, 1.807) is 0 Å². The Morgan fingerprint density at radius 2 is 2.00 bits per heavy atom. The van der Waals surface area contributed by atoms with Crippen molar-refractivity contribution < 1.29 is 19.8 Å². The number of carbonyl (C=O) groups is 2. The number of nitrogens with one attached hydrogen (secondary N) is 2. The molecule has 0 aromatic heterocycles. The lowest BCUT2D eigenvalue weighted by Gasteiger charge is -2.12. The number of urea groups is 1. The van der Waals surface area contributed by atoms with Crippen LogP contribution in [-0.4, -0.2) is 54.3 Å². The van der Waals surface area contributed by atoms with Crippen LogP contribution in [0, 0.1) is 0 Å². The summed E-state index contributed by atoms with van der Waals surface area (Å²) < 4.78 is 0. The first-order valence-electron chi connectivity index (χ1n) is 5.66. The van der Waals surface area contributed by atoms with E-state index < -0.39 is 12.0 Å². The van der Waals surface area contributed by atoms with Gasteiger partial charge in [-0.25, -0.2) is 9.59 Å². The van der Waals surface area contributed by atoms with Crippen molar-refractivity contribution in [3.63, 3.8) is 0 Å². The molecule has 0 aliphatic heterocycles. The first-order valence-corrected chi connectivity index (χ1v) is 5.66. The van der Waals surface area contributed by atoms with Crippen molar-refractivity contribution >= 4 is 17.7 Å². The van der Waals surface area contributed by atoms with Crippen LogP contribution in [0.5, 0.6) is 5.75 Å². The Morgan fingerprint density at radius 3 is 2.58 bits per heavy atom. The van der Waals surface area contributed by atoms with Crippen LogP contribution < -0.4 is 10.6 Å². The number of benzene rings is 1. The van der Waals surface area contributed by atoms with Gasteiger partial charge in [0.1, 0.15) is 5.75 Å². The van der Waals surface area contributed by atoms with Crippen molar-refractivity contribution in [3.8, 4) is 5.75 Å². The number of phenolic OH excluding ortho intramolecular Hbond substituents is 1. The first-order chi connectivity index (χ1) is 8.90. The molecule has 0 saturated carbocycles. The lowest BCUT2D eigenvalue weighted by atomic mass is 10.1. The number of carbonyl (C=O) groups excluding carboxylic acids is 1. The van der Waals surface area contributed by atoms with Crippen LogP contribution in [0.25, 0.3) is 0 Å². The number of phenols is 1. The Labute approximate surface area is 110 Å². The van der Waals surface area contributed by atoms with Gasteiger partial charge in [0.05, 0.1) is 11.3 Å². The molecule has 1 aromatic rings. The summed E-state index contributed by atoms with van der Waals surface area (Å²) >= 11 is 0. The molecule has 0 spiro atoms. The Bertz CT molecular complexity index is 474. The largest absolute Gasteiger partial charge is 0.508 e. The number of hydrogen-bond acceptors (Lipinski definition) is 4. The number of hydrogen-bond donors (Lipinski definition) is 4. The molecule has 104 valence electrons. The van der Waals surface area contributed by atoms with Gasteiger partial charge < -0.3 is 25.7 Å². The van der Waals surface area contributed by atoms with E-state index in [2.05, 4.69) is 10.6 Å². The molecular formula is C12H17N3O4. The number of rotatable bonds is 5. The monoisotopic (exact) mass is 267 g/mol. The van der Waals surface area contributed by atoms with E-state index >= 15 is 0 Å². The van der Waals surface area contributed by atoms with Gasteiger partial charge in [-0.2, -0.15) is 0 Å². The number of nitrogens with zero attached hydrogens (tertiary/aromatic N) is 1. The molecule has 0 bridgehead atoms. The Morgan fingerprint density at radius 1 is 1.32 bits per heavy atom. The minimum absolute atomic E-state index is 0.132. The summed E-state index contributed by atoms with van der Waals surface area (Å²) in [6, 6.07) is 3.24. The van der Waals surface area contributed by atoms with Crippen molar-refractivity contribution in [1.82, 2.24) is 10.2 Å². The smallest absolute Gasteiger partial charge is 0.337 e. The maximum absolute atomic E-state index is 11.6. The van der Waals surface area contributed by atoms with Gasteiger partial charge >= 0.3 is 12.0 Å². The van der Waals surface area contributed by atoms with Crippen LogP contribution in [0.2, 0.25) is 0 Å². The highest BCUT2D eigenvalue weighted by Crippen LogP contribution is 2.21. The SMILES string of the molecule is CN(C)CCNC(=O)Nc1ccc(O)cc1C(=O)O. The molecule has 0 aliphatic carbocycles. The average molecular weight is 267 g/mol. The second-order valence-electron chi connectivity index (χ2n) is 4.22. The summed E-state index contributed by atoms with van der Waals surface area (Å²) in [6.07, 6.45) is 0. The number of aromatic hydroxyl groups is 1. The summed E-state index contributed by atoms with van der Waals surface area (Å²) in [5.74, 6) is -1.39. The Hall–Kier alpha value is -2.28. The summed E-state index contributed by atoms with van der Waals surface area (Å²) in [5.41, 5.74) is -0.0320. The van der Waals surface area contributed by atoms with E-state index in [1.807, 2.05) is 19.0 Å². The van der Waals surface area contributed by atoms with E-state index in [-0.39, 0.29) is 17.0 Å². The quantitative estimate of drug-likeness (QED) is 0.590. The molecule has 1 aromatic carbocycles. The highest BCUT2D eigenvalue weighted by atomic mass is 16.4. The van der Waals surface area contributed by atoms with Crippen LogP contribution in [0.15, 0.2) is 18.2 Å². The zero-order valence-corrected chi connectivity index (χ0v) is 10.8. The minimum Gasteiger partial charge on any atom is -0.508 e. The van der Waals surface area contributed by atoms with Crippen LogP contribution >= 0.6 is 0 Å². The predicted octanol–water partition coefficient (Wildman–Crippen LogP) is 0.773. The van der Waals surface area contributed by atoms with Gasteiger partial charge in [-0.3, -0.25) is 0 Å². The molecule has 2 amide bonds. The number of likely N-dealkylation sites (N-methyl/N-ethyl adjacent to an activating group) is 1. The first kappa shape index (κ1) is 14.8. The third-order valence-corrected chi connectivity index (χ3v) is 2.33. The van der Waals surface area contributed by atoms with Crippen LogP contribution in [0.4, 0.5) is 10.5 Å². The van der Waals surface area contributed by atoms with E-state index in [9.17, 15) is 14.7 Å². The van der Waals surface area contributed by atoms with Crippen molar-refractivity contribution in [2.45, 2.75) is 0 Å². The Balaban J connectivity index is 2.66. The molecule has 0 radical (unpaired) electrons. The molecule has 7 nitrogen and oxygen atoms in total. The summed E-state index contributed by atoms with van der Waals surface area (Å²) in [7, 11) is 3.75. The molecule has 4 N–H and O–H groups in total. The molecular weight excluding hydrogens is 250 g/mol. The molecule has 7 heteroatoms. The van der Waals surface area contributed by atoms with Crippen LogP contribution in [-0.2, 0) is 0 Å². The number of carboxylic acids is 1. The fourth-order valence-corrected chi connectivity index (χ4v) is 1.38. The summed E-state index contributed by atoms with van der Waals surface area (Å²) in [5, 5.41) is 23.2. The lowest BCUT2D eigenvalue weighted by molar-refractivity contribution is 0.0697. The van der Waals surface area contributed by atoms with Gasteiger partial charge in [-0.1, -0.05) is 0 Å². The van der Waals surface area contributed by atoms with Crippen molar-refractivity contribution in [2.75, 3.05) is 32.5 Å². The summed E-state index contributed by atoms with van der Waals surface area (Å²) in [6.45, 7) is 1.12. The fraction of sp³-hybridized carbons (Fsp3) is 0.333.